The van der Waals surface area contributed by atoms with Crippen molar-refractivity contribution in [2.75, 3.05) is 17.7 Å². The molecule has 20 heavy (non-hydrogen) atoms. The molecule has 1 atom stereocenters. The first-order chi connectivity index (χ1) is 9.41. The molecule has 5 heteroatoms. The molecule has 0 radical (unpaired) electrons. The highest BCUT2D eigenvalue weighted by Gasteiger charge is 2.18. The van der Waals surface area contributed by atoms with Crippen LogP contribution in [0.2, 0.25) is 0 Å². The van der Waals surface area contributed by atoms with Gasteiger partial charge in [-0.1, -0.05) is 18.2 Å². The van der Waals surface area contributed by atoms with Gasteiger partial charge in [-0.3, -0.25) is 0 Å². The third-order valence-corrected chi connectivity index (χ3v) is 4.21. The van der Waals surface area contributed by atoms with Crippen LogP contribution in [0.1, 0.15) is 18.5 Å². The average Bonchev–Trinajstić information content (AvgIpc) is 2.42. The molecule has 0 saturated heterocycles. The Morgan fingerprint density at radius 3 is 2.45 bits per heavy atom. The van der Waals surface area contributed by atoms with Gasteiger partial charge in [0.05, 0.1) is 21.0 Å². The van der Waals surface area contributed by atoms with Crippen molar-refractivity contribution in [1.82, 2.24) is 0 Å². The van der Waals surface area contributed by atoms with E-state index in [9.17, 15) is 8.78 Å². The van der Waals surface area contributed by atoms with Crippen LogP contribution in [0.4, 0.5) is 20.2 Å². The van der Waals surface area contributed by atoms with Gasteiger partial charge < -0.3 is 10.6 Å². The third-order valence-electron chi connectivity index (χ3n) is 3.39. The van der Waals surface area contributed by atoms with E-state index in [-0.39, 0.29) is 17.7 Å². The van der Waals surface area contributed by atoms with Gasteiger partial charge in [-0.25, -0.2) is 8.78 Å². The van der Waals surface area contributed by atoms with Crippen LogP contribution in [0.15, 0.2) is 36.4 Å². The summed E-state index contributed by atoms with van der Waals surface area (Å²) in [4.78, 5) is 1.77. The quantitative estimate of drug-likeness (QED) is 0.626. The number of nitrogen functional groups attached to an aromatic ring is 1. The fourth-order valence-corrected chi connectivity index (χ4v) is 2.58. The van der Waals surface area contributed by atoms with Gasteiger partial charge in [0.15, 0.2) is 0 Å². The topological polar surface area (TPSA) is 29.3 Å². The lowest BCUT2D eigenvalue weighted by molar-refractivity contribution is 0.584. The van der Waals surface area contributed by atoms with Crippen LogP contribution < -0.4 is 10.6 Å². The fourth-order valence-electron chi connectivity index (χ4n) is 2.09. The van der Waals surface area contributed by atoms with E-state index in [1.54, 1.807) is 36.2 Å². The minimum Gasteiger partial charge on any atom is -0.397 e. The second kappa shape index (κ2) is 5.95. The van der Waals surface area contributed by atoms with Crippen LogP contribution >= 0.6 is 22.6 Å². The third kappa shape index (κ3) is 2.87. The maximum Gasteiger partial charge on any atom is 0.138 e. The van der Waals surface area contributed by atoms with Gasteiger partial charge in [0.2, 0.25) is 0 Å². The van der Waals surface area contributed by atoms with Gasteiger partial charge in [-0.15, -0.1) is 0 Å². The number of benzene rings is 2. The Hall–Kier alpha value is -1.37. The van der Waals surface area contributed by atoms with Gasteiger partial charge >= 0.3 is 0 Å². The molecule has 1 unspecified atom stereocenters. The minimum atomic E-state index is -0.331. The number of halogens is 3. The summed E-state index contributed by atoms with van der Waals surface area (Å²) in [5.41, 5.74) is 7.52. The molecule has 0 aliphatic rings. The number of hydrogen-bond donors (Lipinski definition) is 1. The van der Waals surface area contributed by atoms with Gasteiger partial charge in [0.25, 0.3) is 0 Å². The van der Waals surface area contributed by atoms with E-state index in [4.69, 9.17) is 5.73 Å². The van der Waals surface area contributed by atoms with Crippen LogP contribution in [0.25, 0.3) is 0 Å². The Morgan fingerprint density at radius 1 is 1.15 bits per heavy atom. The van der Waals surface area contributed by atoms with Crippen molar-refractivity contribution < 1.29 is 8.78 Å². The highest BCUT2D eigenvalue weighted by Crippen LogP contribution is 2.32. The first-order valence-corrected chi connectivity index (χ1v) is 7.21. The largest absolute Gasteiger partial charge is 0.397 e. The molecule has 0 heterocycles. The van der Waals surface area contributed by atoms with E-state index >= 15 is 0 Å². The van der Waals surface area contributed by atoms with Gasteiger partial charge in [-0.05, 0) is 41.6 Å². The SMILES string of the molecule is CC(c1ccccc1F)N(C)c1cc(F)c(I)cc1N. The Morgan fingerprint density at radius 2 is 1.80 bits per heavy atom. The molecule has 2 aromatic carbocycles. The molecule has 106 valence electrons. The molecule has 0 spiro atoms. The number of anilines is 2. The highest BCUT2D eigenvalue weighted by molar-refractivity contribution is 14.1. The predicted molar refractivity (Wildman–Crippen MR) is 86.7 cm³/mol. The summed E-state index contributed by atoms with van der Waals surface area (Å²) in [6.07, 6.45) is 0. The van der Waals surface area contributed by atoms with E-state index in [0.29, 0.717) is 20.5 Å². The van der Waals surface area contributed by atoms with Crippen LogP contribution in [0.5, 0.6) is 0 Å². The summed E-state index contributed by atoms with van der Waals surface area (Å²) in [5, 5.41) is 0. The number of nitrogens with zero attached hydrogens (tertiary/aromatic N) is 1. The van der Waals surface area contributed by atoms with E-state index in [1.165, 1.54) is 12.1 Å². The van der Waals surface area contributed by atoms with Crippen LogP contribution in [0.3, 0.4) is 0 Å². The van der Waals surface area contributed by atoms with Crippen LogP contribution in [0, 0.1) is 15.2 Å². The molecule has 0 saturated carbocycles. The zero-order valence-corrected chi connectivity index (χ0v) is 13.4. The molecule has 0 aliphatic carbocycles. The van der Waals surface area contributed by atoms with Gasteiger partial charge in [0.1, 0.15) is 11.6 Å². The molecule has 2 rings (SSSR count). The minimum absolute atomic E-state index is 0.252. The Bertz CT molecular complexity index is 631. The number of rotatable bonds is 3. The maximum atomic E-state index is 13.8. The average molecular weight is 388 g/mol. The predicted octanol–water partition coefficient (Wildman–Crippen LogP) is 4.35. The summed E-state index contributed by atoms with van der Waals surface area (Å²) in [6, 6.07) is 9.26. The second-order valence-corrected chi connectivity index (χ2v) is 5.80. The van der Waals surface area contributed by atoms with Crippen molar-refractivity contribution in [1.29, 1.82) is 0 Å². The van der Waals surface area contributed by atoms with E-state index in [1.807, 2.05) is 29.5 Å². The normalized spacial score (nSPS) is 12.2. The summed E-state index contributed by atoms with van der Waals surface area (Å²) in [5.74, 6) is -0.612. The standard InChI is InChI=1S/C15H15F2IN2/c1-9(10-5-3-4-6-11(10)16)20(2)15-7-12(17)13(18)8-14(15)19/h3-9H,19H2,1-2H3. The van der Waals surface area contributed by atoms with Crippen molar-refractivity contribution in [2.45, 2.75) is 13.0 Å². The first kappa shape index (κ1) is 15.0. The number of nitrogens with two attached hydrogens (primary N) is 1. The van der Waals surface area contributed by atoms with Crippen molar-refractivity contribution in [3.05, 3.63) is 57.2 Å². The lowest BCUT2D eigenvalue weighted by Crippen LogP contribution is -2.23. The Balaban J connectivity index is 2.39. The molecule has 0 aromatic heterocycles. The van der Waals surface area contributed by atoms with Crippen LogP contribution in [-0.4, -0.2) is 7.05 Å². The van der Waals surface area contributed by atoms with Gasteiger partial charge in [0, 0.05) is 18.7 Å². The molecule has 0 bridgehead atoms. The smallest absolute Gasteiger partial charge is 0.138 e. The molecular weight excluding hydrogens is 373 g/mol. The maximum absolute atomic E-state index is 13.8. The summed E-state index contributed by atoms with van der Waals surface area (Å²) in [6.45, 7) is 1.85. The Labute approximate surface area is 130 Å². The molecule has 2 aromatic rings. The zero-order chi connectivity index (χ0) is 14.9. The van der Waals surface area contributed by atoms with Crippen molar-refractivity contribution in [3.8, 4) is 0 Å². The summed E-state index contributed by atoms with van der Waals surface area (Å²) < 4.78 is 28.0. The molecule has 2 nitrogen and oxygen atoms in total. The van der Waals surface area contributed by atoms with Gasteiger partial charge in [-0.2, -0.15) is 0 Å². The van der Waals surface area contributed by atoms with Crippen molar-refractivity contribution >= 4 is 34.0 Å². The fraction of sp³-hybridized carbons (Fsp3) is 0.200. The summed E-state index contributed by atoms with van der Waals surface area (Å²) >= 11 is 1.89. The summed E-state index contributed by atoms with van der Waals surface area (Å²) in [7, 11) is 1.77. The van der Waals surface area contributed by atoms with E-state index < -0.39 is 0 Å². The lowest BCUT2D eigenvalue weighted by atomic mass is 10.1. The Kier molecular flexibility index (Phi) is 4.47. The molecule has 0 aliphatic heterocycles. The molecule has 0 fully saturated rings. The van der Waals surface area contributed by atoms with E-state index in [0.717, 1.165) is 0 Å². The highest BCUT2D eigenvalue weighted by atomic mass is 127. The second-order valence-electron chi connectivity index (χ2n) is 4.63. The van der Waals surface area contributed by atoms with Crippen molar-refractivity contribution in [2.24, 2.45) is 0 Å². The monoisotopic (exact) mass is 388 g/mol. The first-order valence-electron chi connectivity index (χ1n) is 6.13. The zero-order valence-electron chi connectivity index (χ0n) is 11.2. The lowest BCUT2D eigenvalue weighted by Gasteiger charge is -2.29. The molecule has 2 N–H and O–H groups in total. The van der Waals surface area contributed by atoms with E-state index in [2.05, 4.69) is 0 Å². The number of hydrogen-bond acceptors (Lipinski definition) is 2. The molecule has 0 amide bonds. The van der Waals surface area contributed by atoms with Crippen LogP contribution in [-0.2, 0) is 0 Å². The van der Waals surface area contributed by atoms with Crippen molar-refractivity contribution in [3.63, 3.8) is 0 Å². The molecular formula is C15H15F2IN2.